The number of benzene rings is 1. The third kappa shape index (κ3) is 7.63. The lowest BCUT2D eigenvalue weighted by Crippen LogP contribution is -2.25. The van der Waals surface area contributed by atoms with Gasteiger partial charge in [-0.1, -0.05) is 58.8 Å². The van der Waals surface area contributed by atoms with Crippen molar-refractivity contribution in [2.24, 2.45) is 17.8 Å². The number of hydrogen-bond acceptors (Lipinski definition) is 1. The summed E-state index contributed by atoms with van der Waals surface area (Å²) in [6.45, 7) is 4.39. The second kappa shape index (κ2) is 11.1. The molecule has 0 N–H and O–H groups in total. The monoisotopic (exact) mass is 402 g/mol. The Balaban J connectivity index is 1.68. The summed E-state index contributed by atoms with van der Waals surface area (Å²) in [5.74, 6) is -0.710. The molecule has 0 aromatic heterocycles. The molecule has 0 saturated heterocycles. The highest BCUT2D eigenvalue weighted by Gasteiger charge is 2.32. The fourth-order valence-corrected chi connectivity index (χ4v) is 4.36. The molecule has 1 aromatic carbocycles. The van der Waals surface area contributed by atoms with E-state index in [9.17, 15) is 17.6 Å². The smallest absolute Gasteiger partial charge is 0.397 e. The Morgan fingerprint density at radius 3 is 2.39 bits per heavy atom. The molecule has 1 atom stereocenters. The molecule has 2 rings (SSSR count). The maximum absolute atomic E-state index is 14.0. The van der Waals surface area contributed by atoms with Crippen LogP contribution in [-0.2, 0) is 0 Å². The fourth-order valence-electron chi connectivity index (χ4n) is 4.36. The van der Waals surface area contributed by atoms with Gasteiger partial charge < -0.3 is 4.74 Å². The standard InChI is InChI=1S/C23H34F4O/c1-3-4-5-8-18-9-11-19(12-10-18)17(2)7-6-15-23(26,27)28-20-13-14-21(24)22(25)16-20/h13-14,16-19H,3-12,15H2,1-2H3. The Bertz CT molecular complexity index is 582. The van der Waals surface area contributed by atoms with Crippen LogP contribution in [0.1, 0.15) is 84.5 Å². The lowest BCUT2D eigenvalue weighted by atomic mass is 9.74. The molecule has 0 bridgehead atoms. The van der Waals surface area contributed by atoms with Gasteiger partial charge in [0.2, 0.25) is 0 Å². The lowest BCUT2D eigenvalue weighted by molar-refractivity contribution is -0.182. The van der Waals surface area contributed by atoms with Gasteiger partial charge in [0.15, 0.2) is 11.6 Å². The van der Waals surface area contributed by atoms with Crippen LogP contribution in [0.5, 0.6) is 5.75 Å². The molecule has 1 fully saturated rings. The van der Waals surface area contributed by atoms with Gasteiger partial charge in [-0.15, -0.1) is 0 Å². The van der Waals surface area contributed by atoms with Crippen LogP contribution < -0.4 is 4.74 Å². The Kier molecular flexibility index (Phi) is 9.10. The van der Waals surface area contributed by atoms with Gasteiger partial charge in [0.25, 0.3) is 0 Å². The van der Waals surface area contributed by atoms with E-state index in [0.717, 1.165) is 24.5 Å². The number of ether oxygens (including phenoxy) is 1. The molecule has 0 amide bonds. The molecule has 0 heterocycles. The third-order valence-corrected chi connectivity index (χ3v) is 6.20. The maximum Gasteiger partial charge on any atom is 0.397 e. The average molecular weight is 403 g/mol. The van der Waals surface area contributed by atoms with E-state index < -0.39 is 24.2 Å². The highest BCUT2D eigenvalue weighted by Crippen LogP contribution is 2.38. The van der Waals surface area contributed by atoms with Gasteiger partial charge in [0, 0.05) is 6.07 Å². The highest BCUT2D eigenvalue weighted by atomic mass is 19.3. The van der Waals surface area contributed by atoms with Gasteiger partial charge in [0.05, 0.1) is 6.42 Å². The second-order valence-electron chi connectivity index (χ2n) is 8.46. The summed E-state index contributed by atoms with van der Waals surface area (Å²) in [7, 11) is 0. The Hall–Kier alpha value is -1.26. The SMILES string of the molecule is CCCCCC1CCC(C(C)CCCC(F)(F)Oc2ccc(F)c(F)c2)CC1. The Morgan fingerprint density at radius 1 is 1.04 bits per heavy atom. The summed E-state index contributed by atoms with van der Waals surface area (Å²) in [4.78, 5) is 0. The largest absolute Gasteiger partial charge is 0.432 e. The molecule has 1 aliphatic rings. The summed E-state index contributed by atoms with van der Waals surface area (Å²) in [5, 5.41) is 0. The van der Waals surface area contributed by atoms with Crippen molar-refractivity contribution < 1.29 is 22.3 Å². The number of rotatable bonds is 11. The van der Waals surface area contributed by atoms with Crippen LogP contribution in [0.4, 0.5) is 17.6 Å². The van der Waals surface area contributed by atoms with Crippen molar-refractivity contribution in [2.45, 2.75) is 90.6 Å². The first-order valence-corrected chi connectivity index (χ1v) is 10.8. The van der Waals surface area contributed by atoms with E-state index in [0.29, 0.717) is 24.3 Å². The van der Waals surface area contributed by atoms with Crippen LogP contribution in [0, 0.1) is 29.4 Å². The van der Waals surface area contributed by atoms with Gasteiger partial charge in [-0.05, 0) is 49.1 Å². The minimum atomic E-state index is -3.37. The van der Waals surface area contributed by atoms with E-state index in [1.54, 1.807) is 0 Å². The molecule has 1 nitrogen and oxygen atoms in total. The first kappa shape index (κ1) is 23.0. The van der Waals surface area contributed by atoms with Gasteiger partial charge in [-0.3, -0.25) is 0 Å². The topological polar surface area (TPSA) is 9.23 Å². The predicted octanol–water partition coefficient (Wildman–Crippen LogP) is 8.13. The van der Waals surface area contributed by atoms with Crippen molar-refractivity contribution in [3.8, 4) is 5.75 Å². The van der Waals surface area contributed by atoms with E-state index in [1.165, 1.54) is 51.4 Å². The number of unbranched alkanes of at least 4 members (excludes halogenated alkanes) is 2. The summed E-state index contributed by atoms with van der Waals surface area (Å²) >= 11 is 0. The van der Waals surface area contributed by atoms with Gasteiger partial charge in [-0.25, -0.2) is 8.78 Å². The number of hydrogen-bond donors (Lipinski definition) is 0. The summed E-state index contributed by atoms with van der Waals surface area (Å²) < 4.78 is 58.6. The summed E-state index contributed by atoms with van der Waals surface area (Å²) in [6, 6.07) is 2.47. The van der Waals surface area contributed by atoms with E-state index in [4.69, 9.17) is 0 Å². The lowest BCUT2D eigenvalue weighted by Gasteiger charge is -2.32. The first-order valence-electron chi connectivity index (χ1n) is 10.8. The van der Waals surface area contributed by atoms with Crippen molar-refractivity contribution in [1.82, 2.24) is 0 Å². The fraction of sp³-hybridized carbons (Fsp3) is 0.739. The van der Waals surface area contributed by atoms with Crippen LogP contribution >= 0.6 is 0 Å². The predicted molar refractivity (Wildman–Crippen MR) is 105 cm³/mol. The number of halogens is 4. The first-order chi connectivity index (χ1) is 13.3. The Labute approximate surface area is 166 Å². The summed E-state index contributed by atoms with van der Waals surface area (Å²) in [6.07, 6.45) is 7.51. The van der Waals surface area contributed by atoms with Crippen molar-refractivity contribution in [3.63, 3.8) is 0 Å². The summed E-state index contributed by atoms with van der Waals surface area (Å²) in [5.41, 5.74) is 0. The molecule has 1 aliphatic carbocycles. The zero-order valence-electron chi connectivity index (χ0n) is 17.2. The van der Waals surface area contributed by atoms with Crippen LogP contribution in [0.2, 0.25) is 0 Å². The average Bonchev–Trinajstić information content (AvgIpc) is 2.65. The Morgan fingerprint density at radius 2 is 1.75 bits per heavy atom. The van der Waals surface area contributed by atoms with Gasteiger partial charge in [-0.2, -0.15) is 8.78 Å². The zero-order chi connectivity index (χ0) is 20.6. The molecule has 1 aromatic rings. The molecule has 0 aliphatic heterocycles. The van der Waals surface area contributed by atoms with Crippen LogP contribution in [-0.4, -0.2) is 6.11 Å². The highest BCUT2D eigenvalue weighted by molar-refractivity contribution is 5.23. The second-order valence-corrected chi connectivity index (χ2v) is 8.46. The number of alkyl halides is 2. The van der Waals surface area contributed by atoms with Crippen LogP contribution in [0.15, 0.2) is 18.2 Å². The van der Waals surface area contributed by atoms with Crippen LogP contribution in [0.3, 0.4) is 0 Å². The molecule has 1 unspecified atom stereocenters. The molecule has 160 valence electrons. The van der Waals surface area contributed by atoms with E-state index in [-0.39, 0.29) is 5.75 Å². The molecule has 5 heteroatoms. The minimum absolute atomic E-state index is 0.349. The van der Waals surface area contributed by atoms with Gasteiger partial charge in [0.1, 0.15) is 5.75 Å². The van der Waals surface area contributed by atoms with Crippen molar-refractivity contribution >= 4 is 0 Å². The van der Waals surface area contributed by atoms with Crippen molar-refractivity contribution in [2.75, 3.05) is 0 Å². The van der Waals surface area contributed by atoms with Crippen LogP contribution in [0.25, 0.3) is 0 Å². The van der Waals surface area contributed by atoms with Crippen molar-refractivity contribution in [1.29, 1.82) is 0 Å². The molecular weight excluding hydrogens is 368 g/mol. The van der Waals surface area contributed by atoms with E-state index >= 15 is 0 Å². The molecule has 0 spiro atoms. The normalized spacial score (nSPS) is 21.5. The van der Waals surface area contributed by atoms with E-state index in [1.807, 2.05) is 0 Å². The quantitative estimate of drug-likeness (QED) is 0.268. The molecule has 0 radical (unpaired) electrons. The zero-order valence-corrected chi connectivity index (χ0v) is 17.2. The molecule has 28 heavy (non-hydrogen) atoms. The third-order valence-electron chi connectivity index (χ3n) is 6.20. The maximum atomic E-state index is 14.0. The van der Waals surface area contributed by atoms with Crippen molar-refractivity contribution in [3.05, 3.63) is 29.8 Å². The minimum Gasteiger partial charge on any atom is -0.432 e. The van der Waals surface area contributed by atoms with Gasteiger partial charge >= 0.3 is 6.11 Å². The molecular formula is C23H34F4O. The molecule has 1 saturated carbocycles. The van der Waals surface area contributed by atoms with E-state index in [2.05, 4.69) is 18.6 Å².